The number of unbranched alkanes of at least 4 members (excludes halogenated alkanes) is 3. The van der Waals surface area contributed by atoms with Crippen LogP contribution in [0, 0.1) is 0 Å². The average molecular weight is 547 g/mol. The Morgan fingerprint density at radius 3 is 1.90 bits per heavy atom. The van der Waals surface area contributed by atoms with Gasteiger partial charge >= 0.3 is 6.03 Å². The van der Waals surface area contributed by atoms with Crippen LogP contribution in [0.3, 0.4) is 0 Å². The number of hydrogen-bond acceptors (Lipinski definition) is 5. The Bertz CT molecular complexity index is 1290. The summed E-state index contributed by atoms with van der Waals surface area (Å²) >= 11 is 6.59. The number of imide groups is 2. The van der Waals surface area contributed by atoms with E-state index in [-0.39, 0.29) is 5.57 Å². The molecule has 0 bridgehead atoms. The summed E-state index contributed by atoms with van der Waals surface area (Å²) in [5, 5.41) is 0.301. The molecule has 0 radical (unpaired) electrons. The first kappa shape index (κ1) is 27.9. The molecule has 3 aromatic carbocycles. The third kappa shape index (κ3) is 6.32. The van der Waals surface area contributed by atoms with Crippen LogP contribution >= 0.6 is 11.6 Å². The van der Waals surface area contributed by atoms with Gasteiger partial charge in [-0.05, 0) is 61.4 Å². The van der Waals surface area contributed by atoms with Gasteiger partial charge in [-0.1, -0.05) is 74.2 Å². The summed E-state index contributed by atoms with van der Waals surface area (Å²) in [7, 11) is 0. The number of amides is 4. The molecular formula is C31H31ClN2O5. The number of benzene rings is 3. The first-order valence-electron chi connectivity index (χ1n) is 13.1. The monoisotopic (exact) mass is 546 g/mol. The molecule has 0 spiro atoms. The second-order valence-corrected chi connectivity index (χ2v) is 9.37. The average Bonchev–Trinajstić information content (AvgIpc) is 2.93. The molecule has 7 nitrogen and oxygen atoms in total. The standard InChI is InChI=1S/C31H31ClN2O5/c1-3-5-6-13-18-39-28-26(32)20-22(21-27(28)38-4-2)19-25-29(35)33(23-14-9-7-10-15-23)31(37)34(30(25)36)24-16-11-8-12-17-24/h7-12,14-17,19-21H,3-6,13,18H2,1-2H3. The van der Waals surface area contributed by atoms with E-state index in [1.54, 1.807) is 72.8 Å². The van der Waals surface area contributed by atoms with E-state index >= 15 is 0 Å². The van der Waals surface area contributed by atoms with Crippen LogP contribution in [-0.2, 0) is 9.59 Å². The summed E-state index contributed by atoms with van der Waals surface area (Å²) in [6, 6.07) is 19.6. The van der Waals surface area contributed by atoms with E-state index in [2.05, 4.69) is 6.92 Å². The van der Waals surface area contributed by atoms with E-state index in [0.29, 0.717) is 46.7 Å². The van der Waals surface area contributed by atoms with E-state index in [1.165, 1.54) is 6.08 Å². The summed E-state index contributed by atoms with van der Waals surface area (Å²) in [5.41, 5.74) is 0.987. The topological polar surface area (TPSA) is 76.2 Å². The van der Waals surface area contributed by atoms with Crippen LogP contribution in [0.1, 0.15) is 45.1 Å². The fourth-order valence-corrected chi connectivity index (χ4v) is 4.56. The van der Waals surface area contributed by atoms with Crippen LogP contribution in [0.25, 0.3) is 6.08 Å². The van der Waals surface area contributed by atoms with Gasteiger partial charge in [-0.15, -0.1) is 0 Å². The second-order valence-electron chi connectivity index (χ2n) is 8.96. The lowest BCUT2D eigenvalue weighted by Crippen LogP contribution is -2.57. The quantitative estimate of drug-likeness (QED) is 0.143. The molecule has 0 aliphatic carbocycles. The Hall–Kier alpha value is -4.10. The van der Waals surface area contributed by atoms with Gasteiger partial charge in [0, 0.05) is 0 Å². The van der Waals surface area contributed by atoms with Crippen molar-refractivity contribution in [2.75, 3.05) is 23.0 Å². The Kier molecular flexibility index (Phi) is 9.39. The van der Waals surface area contributed by atoms with Crippen molar-refractivity contribution in [1.82, 2.24) is 0 Å². The first-order chi connectivity index (χ1) is 19.0. The van der Waals surface area contributed by atoms with Crippen LogP contribution in [0.4, 0.5) is 16.2 Å². The van der Waals surface area contributed by atoms with Crippen molar-refractivity contribution in [1.29, 1.82) is 0 Å². The lowest BCUT2D eigenvalue weighted by Gasteiger charge is -2.34. The molecule has 0 atom stereocenters. The number of carbonyl (C=O) groups excluding carboxylic acids is 3. The van der Waals surface area contributed by atoms with Crippen molar-refractivity contribution in [2.45, 2.75) is 39.5 Å². The van der Waals surface area contributed by atoms with Crippen LogP contribution in [0.5, 0.6) is 11.5 Å². The summed E-state index contributed by atoms with van der Waals surface area (Å²) < 4.78 is 11.7. The minimum absolute atomic E-state index is 0.186. The molecule has 4 amide bonds. The van der Waals surface area contributed by atoms with Gasteiger partial charge in [-0.25, -0.2) is 14.6 Å². The number of anilines is 2. The summed E-state index contributed by atoms with van der Waals surface area (Å²) in [4.78, 5) is 42.7. The Labute approximate surface area is 233 Å². The first-order valence-corrected chi connectivity index (χ1v) is 13.5. The maximum atomic E-state index is 13.6. The SMILES string of the molecule is CCCCCCOc1c(Cl)cc(C=C2C(=O)N(c3ccccc3)C(=O)N(c3ccccc3)C2=O)cc1OCC. The molecule has 202 valence electrons. The zero-order valence-electron chi connectivity index (χ0n) is 22.1. The molecule has 1 aliphatic rings. The number of halogens is 1. The fourth-order valence-electron chi connectivity index (χ4n) is 4.28. The Balaban J connectivity index is 1.74. The lowest BCUT2D eigenvalue weighted by molar-refractivity contribution is -0.121. The fraction of sp³-hybridized carbons (Fsp3) is 0.258. The molecule has 0 N–H and O–H groups in total. The lowest BCUT2D eigenvalue weighted by atomic mass is 10.0. The molecule has 1 heterocycles. The number of carbonyl (C=O) groups is 3. The second kappa shape index (κ2) is 13.1. The number of nitrogens with zero attached hydrogens (tertiary/aromatic N) is 2. The van der Waals surface area contributed by atoms with Crippen LogP contribution in [0.2, 0.25) is 5.02 Å². The Morgan fingerprint density at radius 2 is 1.36 bits per heavy atom. The van der Waals surface area contributed by atoms with Crippen molar-refractivity contribution in [3.63, 3.8) is 0 Å². The molecule has 8 heteroatoms. The highest BCUT2D eigenvalue weighted by Gasteiger charge is 2.43. The minimum atomic E-state index is -0.751. The van der Waals surface area contributed by atoms with Crippen molar-refractivity contribution in [3.8, 4) is 11.5 Å². The Morgan fingerprint density at radius 1 is 0.769 bits per heavy atom. The van der Waals surface area contributed by atoms with Gasteiger partial charge in [0.2, 0.25) is 0 Å². The predicted molar refractivity (Wildman–Crippen MR) is 153 cm³/mol. The summed E-state index contributed by atoms with van der Waals surface area (Å²) in [6.45, 7) is 4.86. The van der Waals surface area contributed by atoms with E-state index < -0.39 is 17.8 Å². The zero-order chi connectivity index (χ0) is 27.8. The number of barbiturate groups is 1. The van der Waals surface area contributed by atoms with Crippen LogP contribution in [-0.4, -0.2) is 31.1 Å². The molecule has 1 saturated heterocycles. The molecule has 39 heavy (non-hydrogen) atoms. The molecule has 0 saturated carbocycles. The minimum Gasteiger partial charge on any atom is -0.490 e. The summed E-state index contributed by atoms with van der Waals surface area (Å²) in [5.74, 6) is -0.619. The largest absolute Gasteiger partial charge is 0.490 e. The third-order valence-corrected chi connectivity index (χ3v) is 6.45. The van der Waals surface area contributed by atoms with Gasteiger partial charge in [0.05, 0.1) is 29.6 Å². The molecule has 1 fully saturated rings. The smallest absolute Gasteiger partial charge is 0.343 e. The highest BCUT2D eigenvalue weighted by Crippen LogP contribution is 2.38. The van der Waals surface area contributed by atoms with E-state index in [4.69, 9.17) is 21.1 Å². The van der Waals surface area contributed by atoms with Crippen molar-refractivity contribution < 1.29 is 23.9 Å². The highest BCUT2D eigenvalue weighted by atomic mass is 35.5. The number of para-hydroxylation sites is 2. The molecule has 1 aliphatic heterocycles. The van der Waals surface area contributed by atoms with Crippen molar-refractivity contribution in [3.05, 3.63) is 89.0 Å². The molecule has 0 unspecified atom stereocenters. The normalized spacial score (nSPS) is 13.6. The van der Waals surface area contributed by atoms with Gasteiger partial charge in [0.1, 0.15) is 5.57 Å². The number of hydrogen-bond donors (Lipinski definition) is 0. The van der Waals surface area contributed by atoms with Crippen LogP contribution in [0.15, 0.2) is 78.4 Å². The molecule has 4 rings (SSSR count). The zero-order valence-corrected chi connectivity index (χ0v) is 22.8. The van der Waals surface area contributed by atoms with E-state index in [1.807, 2.05) is 6.92 Å². The maximum Gasteiger partial charge on any atom is 0.343 e. The molecular weight excluding hydrogens is 516 g/mol. The van der Waals surface area contributed by atoms with Gasteiger partial charge in [0.25, 0.3) is 11.8 Å². The van der Waals surface area contributed by atoms with Crippen molar-refractivity contribution in [2.24, 2.45) is 0 Å². The van der Waals surface area contributed by atoms with Gasteiger partial charge in [-0.3, -0.25) is 9.59 Å². The number of ether oxygens (including phenoxy) is 2. The van der Waals surface area contributed by atoms with Gasteiger partial charge in [-0.2, -0.15) is 0 Å². The molecule has 3 aromatic rings. The number of urea groups is 1. The van der Waals surface area contributed by atoms with Crippen molar-refractivity contribution >= 4 is 46.9 Å². The maximum absolute atomic E-state index is 13.6. The van der Waals surface area contributed by atoms with Gasteiger partial charge < -0.3 is 9.47 Å². The highest BCUT2D eigenvalue weighted by molar-refractivity contribution is 6.46. The van der Waals surface area contributed by atoms with Gasteiger partial charge in [0.15, 0.2) is 11.5 Å². The van der Waals surface area contributed by atoms with E-state index in [9.17, 15) is 14.4 Å². The predicted octanol–water partition coefficient (Wildman–Crippen LogP) is 7.28. The molecule has 0 aromatic heterocycles. The van der Waals surface area contributed by atoms with Crippen LogP contribution < -0.4 is 19.3 Å². The third-order valence-electron chi connectivity index (χ3n) is 6.17. The van der Waals surface area contributed by atoms with E-state index in [0.717, 1.165) is 35.5 Å². The number of rotatable bonds is 11. The summed E-state index contributed by atoms with van der Waals surface area (Å²) in [6.07, 6.45) is 5.64.